The van der Waals surface area contributed by atoms with Crippen molar-refractivity contribution >= 4 is 27.5 Å². The molecule has 0 aliphatic carbocycles. The summed E-state index contributed by atoms with van der Waals surface area (Å²) < 4.78 is 2.17. The molecule has 3 rings (SSSR count). The zero-order valence-electron chi connectivity index (χ0n) is 10.6. The van der Waals surface area contributed by atoms with Crippen molar-refractivity contribution in [1.29, 1.82) is 0 Å². The monoisotopic (exact) mass is 344 g/mol. The molecule has 7 nitrogen and oxygen atoms in total. The van der Waals surface area contributed by atoms with Gasteiger partial charge in [0.2, 0.25) is 0 Å². The summed E-state index contributed by atoms with van der Waals surface area (Å²) in [6.07, 6.45) is 3.07. The number of carbonyl (C=O) groups is 1. The van der Waals surface area contributed by atoms with Gasteiger partial charge >= 0.3 is 0 Å². The van der Waals surface area contributed by atoms with Crippen LogP contribution in [0.25, 0.3) is 5.69 Å². The molecule has 3 aromatic rings. The van der Waals surface area contributed by atoms with Crippen LogP contribution in [-0.4, -0.2) is 31.1 Å². The van der Waals surface area contributed by atoms with Crippen molar-refractivity contribution in [2.24, 2.45) is 0 Å². The fraction of sp³-hybridized carbons (Fsp3) is 0. The van der Waals surface area contributed by atoms with Crippen molar-refractivity contribution in [2.75, 3.05) is 5.32 Å². The van der Waals surface area contributed by atoms with Crippen LogP contribution in [0.3, 0.4) is 0 Å². The molecule has 0 aliphatic rings. The Morgan fingerprint density at radius 1 is 1.19 bits per heavy atom. The quantitative estimate of drug-likeness (QED) is 0.785. The molecule has 1 N–H and O–H groups in total. The maximum atomic E-state index is 12.1. The van der Waals surface area contributed by atoms with E-state index in [9.17, 15) is 4.79 Å². The summed E-state index contributed by atoms with van der Waals surface area (Å²) >= 11 is 3.30. The molecule has 2 heterocycles. The first kappa shape index (κ1) is 13.4. The van der Waals surface area contributed by atoms with E-state index in [1.54, 1.807) is 42.6 Å². The third-order valence-corrected chi connectivity index (χ3v) is 3.35. The van der Waals surface area contributed by atoms with Gasteiger partial charge in [-0.2, -0.15) is 0 Å². The highest BCUT2D eigenvalue weighted by Gasteiger charge is 2.11. The molecule has 21 heavy (non-hydrogen) atoms. The number of nitrogens with one attached hydrogen (secondary N) is 1. The molecule has 2 aromatic heterocycles. The van der Waals surface area contributed by atoms with Crippen LogP contribution in [0.5, 0.6) is 0 Å². The van der Waals surface area contributed by atoms with E-state index in [-0.39, 0.29) is 5.91 Å². The van der Waals surface area contributed by atoms with Gasteiger partial charge in [0.25, 0.3) is 5.91 Å². The summed E-state index contributed by atoms with van der Waals surface area (Å²) in [5, 5.41) is 13.7. The van der Waals surface area contributed by atoms with Gasteiger partial charge in [-0.25, -0.2) is 9.67 Å². The summed E-state index contributed by atoms with van der Waals surface area (Å²) in [4.78, 5) is 16.2. The maximum absolute atomic E-state index is 12.1. The van der Waals surface area contributed by atoms with Crippen LogP contribution in [0.4, 0.5) is 5.69 Å². The lowest BCUT2D eigenvalue weighted by atomic mass is 10.2. The zero-order chi connectivity index (χ0) is 14.7. The Morgan fingerprint density at radius 3 is 2.67 bits per heavy atom. The minimum Gasteiger partial charge on any atom is -0.321 e. The van der Waals surface area contributed by atoms with Gasteiger partial charge in [-0.1, -0.05) is 0 Å². The highest BCUT2D eigenvalue weighted by atomic mass is 79.9. The summed E-state index contributed by atoms with van der Waals surface area (Å²) in [7, 11) is 0. The molecular weight excluding hydrogens is 336 g/mol. The molecule has 0 aliphatic heterocycles. The molecule has 0 atom stereocenters. The second-order valence-corrected chi connectivity index (χ2v) is 4.94. The minimum absolute atomic E-state index is 0.280. The van der Waals surface area contributed by atoms with Crippen LogP contribution < -0.4 is 5.32 Å². The van der Waals surface area contributed by atoms with Crippen molar-refractivity contribution in [3.63, 3.8) is 0 Å². The van der Waals surface area contributed by atoms with E-state index in [2.05, 4.69) is 41.8 Å². The van der Waals surface area contributed by atoms with E-state index in [0.29, 0.717) is 15.9 Å². The number of hydrogen-bond donors (Lipinski definition) is 1. The highest BCUT2D eigenvalue weighted by Crippen LogP contribution is 2.16. The number of rotatable bonds is 3. The van der Waals surface area contributed by atoms with Crippen molar-refractivity contribution in [3.05, 3.63) is 59.1 Å². The van der Waals surface area contributed by atoms with Crippen LogP contribution in [0.15, 0.2) is 53.4 Å². The van der Waals surface area contributed by atoms with Crippen LogP contribution in [0.2, 0.25) is 0 Å². The Morgan fingerprint density at radius 2 is 2.00 bits per heavy atom. The number of hydrogen-bond acceptors (Lipinski definition) is 5. The van der Waals surface area contributed by atoms with E-state index >= 15 is 0 Å². The van der Waals surface area contributed by atoms with Crippen molar-refractivity contribution in [2.45, 2.75) is 0 Å². The molecule has 0 unspecified atom stereocenters. The average Bonchev–Trinajstić information content (AvgIpc) is 3.02. The molecule has 0 fully saturated rings. The van der Waals surface area contributed by atoms with Crippen LogP contribution in [0, 0.1) is 0 Å². The average molecular weight is 345 g/mol. The predicted molar refractivity (Wildman–Crippen MR) is 79.0 cm³/mol. The summed E-state index contributed by atoms with van der Waals surface area (Å²) in [6, 6.07) is 10.7. The van der Waals surface area contributed by atoms with E-state index in [4.69, 9.17) is 0 Å². The molecule has 8 heteroatoms. The van der Waals surface area contributed by atoms with E-state index in [0.717, 1.165) is 5.69 Å². The van der Waals surface area contributed by atoms with Crippen molar-refractivity contribution in [1.82, 2.24) is 25.2 Å². The molecule has 0 spiro atoms. The number of benzene rings is 1. The van der Waals surface area contributed by atoms with E-state index in [1.165, 1.54) is 11.0 Å². The Hall–Kier alpha value is -2.61. The lowest BCUT2D eigenvalue weighted by molar-refractivity contribution is 0.102. The molecule has 0 saturated carbocycles. The van der Waals surface area contributed by atoms with Gasteiger partial charge in [-0.3, -0.25) is 4.79 Å². The SMILES string of the molecule is O=C(Nc1ccc(-n2cnnn2)cc1)c1ncccc1Br. The van der Waals surface area contributed by atoms with Crippen LogP contribution in [0.1, 0.15) is 10.5 Å². The standard InChI is InChI=1S/C13H9BrN6O/c14-11-2-1-7-15-12(11)13(21)17-9-3-5-10(6-4-9)20-8-16-18-19-20/h1-8H,(H,17,21). The summed E-state index contributed by atoms with van der Waals surface area (Å²) in [6.45, 7) is 0. The topological polar surface area (TPSA) is 85.6 Å². The first-order chi connectivity index (χ1) is 10.2. The van der Waals surface area contributed by atoms with Gasteiger partial charge in [-0.05, 0) is 62.8 Å². The fourth-order valence-corrected chi connectivity index (χ4v) is 2.16. The second-order valence-electron chi connectivity index (χ2n) is 4.09. The Balaban J connectivity index is 1.77. The van der Waals surface area contributed by atoms with Crippen LogP contribution >= 0.6 is 15.9 Å². The third kappa shape index (κ3) is 2.95. The lowest BCUT2D eigenvalue weighted by Gasteiger charge is -2.06. The number of pyridine rings is 1. The first-order valence-electron chi connectivity index (χ1n) is 5.99. The smallest absolute Gasteiger partial charge is 0.275 e. The van der Waals surface area contributed by atoms with Crippen LogP contribution in [-0.2, 0) is 0 Å². The van der Waals surface area contributed by atoms with E-state index < -0.39 is 0 Å². The Bertz CT molecular complexity index is 757. The molecule has 0 bridgehead atoms. The van der Waals surface area contributed by atoms with Crippen molar-refractivity contribution in [3.8, 4) is 5.69 Å². The van der Waals surface area contributed by atoms with E-state index in [1.807, 2.05) is 0 Å². The third-order valence-electron chi connectivity index (χ3n) is 2.71. The minimum atomic E-state index is -0.280. The van der Waals surface area contributed by atoms with Gasteiger partial charge in [-0.15, -0.1) is 5.10 Å². The highest BCUT2D eigenvalue weighted by molar-refractivity contribution is 9.10. The largest absolute Gasteiger partial charge is 0.321 e. The van der Waals surface area contributed by atoms with Gasteiger partial charge < -0.3 is 5.32 Å². The number of nitrogens with zero attached hydrogens (tertiary/aromatic N) is 5. The van der Waals surface area contributed by atoms with Crippen molar-refractivity contribution < 1.29 is 4.79 Å². The predicted octanol–water partition coefficient (Wildman–Crippen LogP) is 2.07. The number of carbonyl (C=O) groups excluding carboxylic acids is 1. The summed E-state index contributed by atoms with van der Waals surface area (Å²) in [5.74, 6) is -0.280. The number of tetrazole rings is 1. The number of amides is 1. The molecule has 1 amide bonds. The Labute approximate surface area is 128 Å². The normalized spacial score (nSPS) is 10.3. The van der Waals surface area contributed by atoms with Gasteiger partial charge in [0, 0.05) is 16.4 Å². The number of anilines is 1. The Kier molecular flexibility index (Phi) is 3.69. The zero-order valence-corrected chi connectivity index (χ0v) is 12.2. The number of halogens is 1. The summed E-state index contributed by atoms with van der Waals surface area (Å²) in [5.41, 5.74) is 1.80. The van der Waals surface area contributed by atoms with Gasteiger partial charge in [0.05, 0.1) is 5.69 Å². The molecule has 1 aromatic carbocycles. The molecular formula is C13H9BrN6O. The number of aromatic nitrogens is 5. The first-order valence-corrected chi connectivity index (χ1v) is 6.78. The van der Waals surface area contributed by atoms with Gasteiger partial charge in [0.15, 0.2) is 0 Å². The maximum Gasteiger partial charge on any atom is 0.275 e. The molecule has 0 radical (unpaired) electrons. The fourth-order valence-electron chi connectivity index (χ4n) is 1.72. The van der Waals surface area contributed by atoms with Gasteiger partial charge in [0.1, 0.15) is 12.0 Å². The lowest BCUT2D eigenvalue weighted by Crippen LogP contribution is -2.14. The second kappa shape index (κ2) is 5.80. The molecule has 104 valence electrons. The molecule has 0 saturated heterocycles.